The van der Waals surface area contributed by atoms with Gasteiger partial charge in [0, 0.05) is 5.41 Å². The Labute approximate surface area is 73.7 Å². The minimum absolute atomic E-state index is 0.111. The standard InChI is InChI=1S/C10H16NO/c1-9(2)7-4-5-10(9,3)8(6-7)11-12/h7H,4-6H2,1-3H3/b11-8-/t7-,10+/m1/s1. The predicted molar refractivity (Wildman–Crippen MR) is 47.4 cm³/mol. The van der Waals surface area contributed by atoms with Crippen LogP contribution in [-0.4, -0.2) is 5.71 Å². The monoisotopic (exact) mass is 166 g/mol. The van der Waals surface area contributed by atoms with Crippen LogP contribution in [0.4, 0.5) is 0 Å². The molecule has 2 fully saturated rings. The van der Waals surface area contributed by atoms with Crippen molar-refractivity contribution in [2.24, 2.45) is 21.9 Å². The lowest BCUT2D eigenvalue weighted by Crippen LogP contribution is -2.32. The number of hydrogen-bond acceptors (Lipinski definition) is 1. The Balaban J connectivity index is 2.46. The fourth-order valence-corrected chi connectivity index (χ4v) is 3.07. The van der Waals surface area contributed by atoms with E-state index >= 15 is 0 Å². The highest BCUT2D eigenvalue weighted by atomic mass is 16.4. The van der Waals surface area contributed by atoms with Crippen LogP contribution in [0.25, 0.3) is 0 Å². The quantitative estimate of drug-likeness (QED) is 0.495. The lowest BCUT2D eigenvalue weighted by Gasteiger charge is -2.33. The van der Waals surface area contributed by atoms with Crippen LogP contribution in [0.1, 0.15) is 40.0 Å². The second-order valence-corrected chi connectivity index (χ2v) is 5.03. The van der Waals surface area contributed by atoms with E-state index in [9.17, 15) is 5.21 Å². The zero-order valence-corrected chi connectivity index (χ0v) is 8.05. The highest BCUT2D eigenvalue weighted by Crippen LogP contribution is 2.63. The van der Waals surface area contributed by atoms with E-state index in [-0.39, 0.29) is 5.41 Å². The van der Waals surface area contributed by atoms with Crippen LogP contribution in [0.2, 0.25) is 0 Å². The van der Waals surface area contributed by atoms with Crippen molar-refractivity contribution < 1.29 is 5.21 Å². The molecule has 2 heteroatoms. The first-order valence-electron chi connectivity index (χ1n) is 4.72. The maximum absolute atomic E-state index is 10.6. The molecule has 2 bridgehead atoms. The molecule has 12 heavy (non-hydrogen) atoms. The van der Waals surface area contributed by atoms with Gasteiger partial charge in [-0.2, -0.15) is 0 Å². The summed E-state index contributed by atoms with van der Waals surface area (Å²) >= 11 is 0. The van der Waals surface area contributed by atoms with E-state index in [0.29, 0.717) is 11.3 Å². The molecule has 2 atom stereocenters. The van der Waals surface area contributed by atoms with Crippen LogP contribution in [0, 0.1) is 16.7 Å². The van der Waals surface area contributed by atoms with Crippen LogP contribution in [-0.2, 0) is 5.21 Å². The molecule has 0 aliphatic heterocycles. The van der Waals surface area contributed by atoms with Crippen LogP contribution in [0.3, 0.4) is 0 Å². The Hall–Kier alpha value is -0.530. The van der Waals surface area contributed by atoms with Crippen molar-refractivity contribution in [1.82, 2.24) is 0 Å². The second-order valence-electron chi connectivity index (χ2n) is 5.03. The molecule has 2 rings (SSSR count). The third-order valence-electron chi connectivity index (χ3n) is 4.62. The average Bonchev–Trinajstić information content (AvgIpc) is 2.34. The van der Waals surface area contributed by atoms with Gasteiger partial charge in [0.2, 0.25) is 0 Å². The Kier molecular flexibility index (Phi) is 1.37. The maximum Gasteiger partial charge on any atom is 0.0691 e. The second kappa shape index (κ2) is 2.04. The number of rotatable bonds is 0. The first kappa shape index (κ1) is 8.09. The summed E-state index contributed by atoms with van der Waals surface area (Å²) in [5, 5.41) is 13.8. The molecule has 2 saturated carbocycles. The predicted octanol–water partition coefficient (Wildman–Crippen LogP) is 2.62. The van der Waals surface area contributed by atoms with Gasteiger partial charge in [-0.3, -0.25) is 0 Å². The summed E-state index contributed by atoms with van der Waals surface area (Å²) in [5.41, 5.74) is 1.33. The van der Waals surface area contributed by atoms with Crippen LogP contribution >= 0.6 is 0 Å². The van der Waals surface area contributed by atoms with Gasteiger partial charge in [0.15, 0.2) is 0 Å². The molecule has 1 radical (unpaired) electrons. The molecule has 0 aromatic carbocycles. The van der Waals surface area contributed by atoms with Crippen molar-refractivity contribution in [3.8, 4) is 0 Å². The van der Waals surface area contributed by atoms with Crippen molar-refractivity contribution in [1.29, 1.82) is 0 Å². The summed E-state index contributed by atoms with van der Waals surface area (Å²) in [6.07, 6.45) is 3.39. The maximum atomic E-state index is 10.6. The lowest BCUT2D eigenvalue weighted by atomic mass is 9.70. The number of fused-ring (bicyclic) bond motifs is 2. The molecule has 2 aliphatic rings. The molecular formula is C10H16NO. The third kappa shape index (κ3) is 0.644. The van der Waals surface area contributed by atoms with Gasteiger partial charge in [0.25, 0.3) is 0 Å². The van der Waals surface area contributed by atoms with E-state index in [1.165, 1.54) is 6.42 Å². The number of hydrogen-bond donors (Lipinski definition) is 0. The Morgan fingerprint density at radius 2 is 2.08 bits per heavy atom. The first-order chi connectivity index (χ1) is 5.52. The first-order valence-corrected chi connectivity index (χ1v) is 4.72. The Morgan fingerprint density at radius 1 is 1.42 bits per heavy atom. The molecule has 0 spiro atoms. The van der Waals surface area contributed by atoms with E-state index in [1.54, 1.807) is 0 Å². The van der Waals surface area contributed by atoms with Crippen molar-refractivity contribution in [2.75, 3.05) is 0 Å². The van der Waals surface area contributed by atoms with E-state index < -0.39 is 0 Å². The zero-order chi connectivity index (χ0) is 8.98. The van der Waals surface area contributed by atoms with Gasteiger partial charge in [0.05, 0.1) is 5.71 Å². The molecule has 0 unspecified atom stereocenters. The highest BCUT2D eigenvalue weighted by Gasteiger charge is 2.60. The fraction of sp³-hybridized carbons (Fsp3) is 0.900. The molecular weight excluding hydrogens is 150 g/mol. The fourth-order valence-electron chi connectivity index (χ4n) is 3.07. The largest absolute Gasteiger partial charge is 0.145 e. The molecule has 0 heterocycles. The van der Waals surface area contributed by atoms with E-state index in [4.69, 9.17) is 0 Å². The van der Waals surface area contributed by atoms with Crippen molar-refractivity contribution >= 4 is 5.71 Å². The van der Waals surface area contributed by atoms with Gasteiger partial charge in [0.1, 0.15) is 0 Å². The summed E-state index contributed by atoms with van der Waals surface area (Å²) in [7, 11) is 0. The smallest absolute Gasteiger partial charge is 0.0691 e. The molecule has 0 amide bonds. The minimum Gasteiger partial charge on any atom is -0.145 e. The molecule has 2 aliphatic carbocycles. The average molecular weight is 166 g/mol. The van der Waals surface area contributed by atoms with E-state index in [1.807, 2.05) is 0 Å². The Bertz CT molecular complexity index is 244. The molecule has 67 valence electrons. The van der Waals surface area contributed by atoms with E-state index in [2.05, 4.69) is 25.9 Å². The van der Waals surface area contributed by atoms with Crippen LogP contribution in [0.15, 0.2) is 5.16 Å². The highest BCUT2D eigenvalue weighted by molar-refractivity contribution is 5.93. The summed E-state index contributed by atoms with van der Waals surface area (Å²) < 4.78 is 0. The van der Waals surface area contributed by atoms with Gasteiger partial charge >= 0.3 is 0 Å². The third-order valence-corrected chi connectivity index (χ3v) is 4.62. The molecule has 0 aromatic rings. The van der Waals surface area contributed by atoms with Crippen molar-refractivity contribution in [3.05, 3.63) is 0 Å². The van der Waals surface area contributed by atoms with Crippen molar-refractivity contribution in [3.63, 3.8) is 0 Å². The summed E-state index contributed by atoms with van der Waals surface area (Å²) in [4.78, 5) is 0. The molecule has 0 aromatic heterocycles. The lowest BCUT2D eigenvalue weighted by molar-refractivity contribution is 0.177. The number of nitrogens with zero attached hydrogens (tertiary/aromatic N) is 1. The van der Waals surface area contributed by atoms with E-state index in [0.717, 1.165) is 18.6 Å². The molecule has 0 N–H and O–H groups in total. The van der Waals surface area contributed by atoms with Gasteiger partial charge in [-0.05, 0) is 35.8 Å². The van der Waals surface area contributed by atoms with Crippen LogP contribution < -0.4 is 0 Å². The van der Waals surface area contributed by atoms with Gasteiger partial charge in [-0.1, -0.05) is 20.8 Å². The van der Waals surface area contributed by atoms with Crippen LogP contribution in [0.5, 0.6) is 0 Å². The Morgan fingerprint density at radius 3 is 2.33 bits per heavy atom. The molecule has 2 nitrogen and oxygen atoms in total. The van der Waals surface area contributed by atoms with Crippen molar-refractivity contribution in [2.45, 2.75) is 40.0 Å². The summed E-state index contributed by atoms with van der Waals surface area (Å²) in [6, 6.07) is 0. The summed E-state index contributed by atoms with van der Waals surface area (Å²) in [5.74, 6) is 0.704. The van der Waals surface area contributed by atoms with Gasteiger partial charge in [-0.25, -0.2) is 0 Å². The van der Waals surface area contributed by atoms with Gasteiger partial charge in [-0.15, -0.1) is 5.21 Å². The molecule has 0 saturated heterocycles. The summed E-state index contributed by atoms with van der Waals surface area (Å²) in [6.45, 7) is 6.77. The zero-order valence-electron chi connectivity index (χ0n) is 8.05. The normalized spacial score (nSPS) is 47.2. The van der Waals surface area contributed by atoms with Gasteiger partial charge < -0.3 is 0 Å². The minimum atomic E-state index is 0.111. The SMILES string of the molecule is CC1(C)[C@@H]2CC[C@@]1(C)/C(=N\[O])C2. The topological polar surface area (TPSA) is 32.3 Å².